The van der Waals surface area contributed by atoms with E-state index in [4.69, 9.17) is 9.47 Å². The number of para-hydroxylation sites is 2. The van der Waals surface area contributed by atoms with E-state index in [1.165, 1.54) is 0 Å². The summed E-state index contributed by atoms with van der Waals surface area (Å²) in [5.41, 5.74) is 1.62. The number of carbonyl (C=O) groups is 1. The second kappa shape index (κ2) is 9.28. The highest BCUT2D eigenvalue weighted by atomic mass is 16.5. The maximum Gasteiger partial charge on any atom is 0.318 e. The van der Waals surface area contributed by atoms with Crippen molar-refractivity contribution >= 4 is 6.03 Å². The van der Waals surface area contributed by atoms with Gasteiger partial charge in [-0.1, -0.05) is 36.4 Å². The highest BCUT2D eigenvalue weighted by Crippen LogP contribution is 2.21. The molecule has 1 saturated heterocycles. The predicted molar refractivity (Wildman–Crippen MR) is 103 cm³/mol. The largest absolute Gasteiger partial charge is 0.508 e. The van der Waals surface area contributed by atoms with Gasteiger partial charge in [-0.2, -0.15) is 0 Å². The average molecular weight is 370 g/mol. The number of carbonyl (C=O) groups excluding carboxylic acids is 1. The average Bonchev–Trinajstić information content (AvgIpc) is 3.20. The van der Waals surface area contributed by atoms with Crippen LogP contribution in [0.1, 0.15) is 24.0 Å². The Morgan fingerprint density at radius 2 is 1.96 bits per heavy atom. The maximum absolute atomic E-state index is 12.9. The molecule has 6 heteroatoms. The summed E-state index contributed by atoms with van der Waals surface area (Å²) in [6.45, 7) is 1.92. The summed E-state index contributed by atoms with van der Waals surface area (Å²) >= 11 is 0. The van der Waals surface area contributed by atoms with Crippen molar-refractivity contribution < 1.29 is 19.4 Å². The lowest BCUT2D eigenvalue weighted by Crippen LogP contribution is -2.43. The lowest BCUT2D eigenvalue weighted by molar-refractivity contribution is 0.0792. The number of phenolic OH excluding ortho intramolecular Hbond substituents is 1. The zero-order valence-electron chi connectivity index (χ0n) is 15.6. The van der Waals surface area contributed by atoms with Crippen molar-refractivity contribution in [2.75, 3.05) is 20.3 Å². The van der Waals surface area contributed by atoms with Crippen LogP contribution in [0.25, 0.3) is 0 Å². The van der Waals surface area contributed by atoms with Crippen LogP contribution in [0.5, 0.6) is 11.5 Å². The molecule has 0 bridgehead atoms. The Balaban J connectivity index is 1.68. The van der Waals surface area contributed by atoms with Crippen molar-refractivity contribution in [1.29, 1.82) is 0 Å². The van der Waals surface area contributed by atoms with E-state index < -0.39 is 0 Å². The number of aromatic hydroxyl groups is 1. The summed E-state index contributed by atoms with van der Waals surface area (Å²) in [5, 5.41) is 13.0. The fourth-order valence-corrected chi connectivity index (χ4v) is 3.24. The van der Waals surface area contributed by atoms with Gasteiger partial charge in [0, 0.05) is 30.8 Å². The Bertz CT molecular complexity index is 759. The summed E-state index contributed by atoms with van der Waals surface area (Å²) in [7, 11) is 1.61. The Hall–Kier alpha value is -2.73. The van der Waals surface area contributed by atoms with Crippen molar-refractivity contribution in [3.63, 3.8) is 0 Å². The molecule has 1 aliphatic heterocycles. The molecular formula is C21H26N2O4. The number of nitrogens with one attached hydrogen (secondary N) is 1. The second-order valence-electron chi connectivity index (χ2n) is 6.61. The molecule has 6 nitrogen and oxygen atoms in total. The number of ether oxygens (including phenoxy) is 2. The van der Waals surface area contributed by atoms with Gasteiger partial charge >= 0.3 is 6.03 Å². The number of rotatable bonds is 7. The van der Waals surface area contributed by atoms with Gasteiger partial charge in [-0.3, -0.25) is 0 Å². The van der Waals surface area contributed by atoms with Crippen LogP contribution in [0.4, 0.5) is 4.79 Å². The zero-order chi connectivity index (χ0) is 19.1. The molecule has 0 spiro atoms. The number of amides is 2. The van der Waals surface area contributed by atoms with E-state index in [-0.39, 0.29) is 17.9 Å². The van der Waals surface area contributed by atoms with Gasteiger partial charge in [0.15, 0.2) is 0 Å². The molecule has 3 rings (SSSR count). The Kier molecular flexibility index (Phi) is 6.54. The number of hydrogen-bond acceptors (Lipinski definition) is 4. The van der Waals surface area contributed by atoms with Gasteiger partial charge in [0.05, 0.1) is 19.8 Å². The molecule has 0 radical (unpaired) electrons. The first-order valence-electron chi connectivity index (χ1n) is 9.20. The number of nitrogens with zero attached hydrogens (tertiary/aromatic N) is 1. The van der Waals surface area contributed by atoms with Crippen LogP contribution in [0.15, 0.2) is 48.5 Å². The van der Waals surface area contributed by atoms with Crippen molar-refractivity contribution in [2.45, 2.75) is 32.0 Å². The van der Waals surface area contributed by atoms with Gasteiger partial charge in [-0.25, -0.2) is 4.79 Å². The highest BCUT2D eigenvalue weighted by Gasteiger charge is 2.23. The molecule has 27 heavy (non-hydrogen) atoms. The Morgan fingerprint density at radius 1 is 1.22 bits per heavy atom. The van der Waals surface area contributed by atoms with Crippen LogP contribution in [-0.4, -0.2) is 42.4 Å². The smallest absolute Gasteiger partial charge is 0.318 e. The molecule has 1 fully saturated rings. The number of phenols is 1. The fourth-order valence-electron chi connectivity index (χ4n) is 3.24. The predicted octanol–water partition coefficient (Wildman–Crippen LogP) is 3.29. The monoisotopic (exact) mass is 370 g/mol. The van der Waals surface area contributed by atoms with E-state index >= 15 is 0 Å². The van der Waals surface area contributed by atoms with Gasteiger partial charge in [-0.15, -0.1) is 0 Å². The van der Waals surface area contributed by atoms with E-state index in [9.17, 15) is 9.90 Å². The Morgan fingerprint density at radius 3 is 2.67 bits per heavy atom. The standard InChI is InChI=1S/C21H26N2O4/c1-26-20-11-5-3-7-16(20)13-22-21(25)23(15-18-9-6-12-27-18)14-17-8-2-4-10-19(17)24/h2-5,7-8,10-11,18,24H,6,9,12-15H2,1H3,(H,22,25)/t18-/m0/s1. The van der Waals surface area contributed by atoms with Crippen LogP contribution in [-0.2, 0) is 17.8 Å². The van der Waals surface area contributed by atoms with Crippen molar-refractivity contribution in [1.82, 2.24) is 10.2 Å². The second-order valence-corrected chi connectivity index (χ2v) is 6.61. The number of hydrogen-bond donors (Lipinski definition) is 2. The number of urea groups is 1. The minimum Gasteiger partial charge on any atom is -0.508 e. The molecule has 0 aliphatic carbocycles. The third kappa shape index (κ3) is 5.14. The molecule has 0 unspecified atom stereocenters. The SMILES string of the molecule is COc1ccccc1CNC(=O)N(Cc1ccccc1O)C[C@@H]1CCCO1. The first-order valence-corrected chi connectivity index (χ1v) is 9.20. The van der Waals surface area contributed by atoms with Gasteiger partial charge in [0.2, 0.25) is 0 Å². The van der Waals surface area contributed by atoms with Gasteiger partial charge in [0.25, 0.3) is 0 Å². The molecule has 2 amide bonds. The molecule has 0 aromatic heterocycles. The maximum atomic E-state index is 12.9. The van der Waals surface area contributed by atoms with E-state index in [2.05, 4.69) is 5.32 Å². The molecule has 1 atom stereocenters. The van der Waals surface area contributed by atoms with Crippen LogP contribution in [0.3, 0.4) is 0 Å². The number of benzene rings is 2. The van der Waals surface area contributed by atoms with Crippen molar-refractivity contribution in [3.05, 3.63) is 59.7 Å². The quantitative estimate of drug-likeness (QED) is 0.785. The van der Waals surface area contributed by atoms with E-state index in [0.29, 0.717) is 25.2 Å². The first-order chi connectivity index (χ1) is 13.2. The third-order valence-electron chi connectivity index (χ3n) is 4.71. The van der Waals surface area contributed by atoms with E-state index in [1.807, 2.05) is 36.4 Å². The summed E-state index contributed by atoms with van der Waals surface area (Å²) in [4.78, 5) is 14.6. The third-order valence-corrected chi connectivity index (χ3v) is 4.71. The molecule has 2 N–H and O–H groups in total. The number of methoxy groups -OCH3 is 1. The van der Waals surface area contributed by atoms with E-state index in [0.717, 1.165) is 30.8 Å². The normalized spacial score (nSPS) is 16.1. The molecule has 1 aliphatic rings. The van der Waals surface area contributed by atoms with Crippen molar-refractivity contribution in [2.24, 2.45) is 0 Å². The highest BCUT2D eigenvalue weighted by molar-refractivity contribution is 5.74. The zero-order valence-corrected chi connectivity index (χ0v) is 15.6. The molecule has 2 aromatic carbocycles. The molecular weight excluding hydrogens is 344 g/mol. The minimum atomic E-state index is -0.195. The lowest BCUT2D eigenvalue weighted by atomic mass is 10.1. The van der Waals surface area contributed by atoms with Gasteiger partial charge in [-0.05, 0) is 25.0 Å². The molecule has 0 saturated carbocycles. The topological polar surface area (TPSA) is 71.0 Å². The minimum absolute atomic E-state index is 0.0351. The molecule has 1 heterocycles. The van der Waals surface area contributed by atoms with Crippen LogP contribution in [0, 0.1) is 0 Å². The first kappa shape index (κ1) is 19.0. The summed E-state index contributed by atoms with van der Waals surface area (Å²) in [6, 6.07) is 14.5. The van der Waals surface area contributed by atoms with Gasteiger partial charge in [0.1, 0.15) is 11.5 Å². The van der Waals surface area contributed by atoms with Crippen LogP contribution < -0.4 is 10.1 Å². The fraction of sp³-hybridized carbons (Fsp3) is 0.381. The van der Waals surface area contributed by atoms with Crippen LogP contribution in [0.2, 0.25) is 0 Å². The van der Waals surface area contributed by atoms with E-state index in [1.54, 1.807) is 24.1 Å². The Labute approximate surface area is 159 Å². The lowest BCUT2D eigenvalue weighted by Gasteiger charge is -2.26. The summed E-state index contributed by atoms with van der Waals surface area (Å²) in [5.74, 6) is 0.927. The summed E-state index contributed by atoms with van der Waals surface area (Å²) in [6.07, 6.45) is 1.99. The molecule has 144 valence electrons. The van der Waals surface area contributed by atoms with Gasteiger partial charge < -0.3 is 24.8 Å². The summed E-state index contributed by atoms with van der Waals surface area (Å²) < 4.78 is 11.0. The molecule has 2 aromatic rings. The van der Waals surface area contributed by atoms with Crippen molar-refractivity contribution in [3.8, 4) is 11.5 Å². The van der Waals surface area contributed by atoms with Crippen LogP contribution >= 0.6 is 0 Å².